The van der Waals surface area contributed by atoms with Crippen LogP contribution in [0.2, 0.25) is 0 Å². The number of carbonyl (C=O) groups is 1. The number of amides is 1. The predicted molar refractivity (Wildman–Crippen MR) is 93.0 cm³/mol. The van der Waals surface area contributed by atoms with E-state index in [0.717, 1.165) is 6.26 Å². The third-order valence-corrected chi connectivity index (χ3v) is 5.05. The zero-order valence-electron chi connectivity index (χ0n) is 14.0. The fraction of sp³-hybridized carbons (Fsp3) is 0.278. The van der Waals surface area contributed by atoms with Crippen LogP contribution < -0.4 is 14.8 Å². The van der Waals surface area contributed by atoms with Crippen LogP contribution in [0.15, 0.2) is 47.4 Å². The van der Waals surface area contributed by atoms with Gasteiger partial charge in [0.1, 0.15) is 12.7 Å². The molecule has 0 radical (unpaired) electrons. The van der Waals surface area contributed by atoms with Crippen LogP contribution in [0.25, 0.3) is 0 Å². The van der Waals surface area contributed by atoms with Gasteiger partial charge in [-0.25, -0.2) is 8.42 Å². The standard InChI is InChI=1S/C18H19NO5S/c1-12-7-8-14(25(2,21)22)9-15(12)18(20)19-10-13-11-23-16-5-3-4-6-17(16)24-13/h3-9,13H,10-11H2,1-2H3,(H,19,20). The number of aryl methyl sites for hydroxylation is 1. The summed E-state index contributed by atoms with van der Waals surface area (Å²) in [5.74, 6) is 0.982. The summed E-state index contributed by atoms with van der Waals surface area (Å²) in [6.45, 7) is 2.35. The number of fused-ring (bicyclic) bond motifs is 1. The average molecular weight is 361 g/mol. The van der Waals surface area contributed by atoms with Crippen molar-refractivity contribution in [3.8, 4) is 11.5 Å². The largest absolute Gasteiger partial charge is 0.486 e. The van der Waals surface area contributed by atoms with Crippen LogP contribution in [-0.2, 0) is 9.84 Å². The van der Waals surface area contributed by atoms with Crippen molar-refractivity contribution in [2.45, 2.75) is 17.9 Å². The molecule has 1 heterocycles. The molecule has 2 aromatic rings. The molecule has 0 bridgehead atoms. The smallest absolute Gasteiger partial charge is 0.251 e. The van der Waals surface area contributed by atoms with E-state index in [1.807, 2.05) is 24.3 Å². The number of sulfone groups is 1. The topological polar surface area (TPSA) is 81.7 Å². The molecule has 3 rings (SSSR count). The van der Waals surface area contributed by atoms with Crippen molar-refractivity contribution in [1.82, 2.24) is 5.32 Å². The van der Waals surface area contributed by atoms with Gasteiger partial charge in [-0.15, -0.1) is 0 Å². The number of carbonyl (C=O) groups excluding carboxylic acids is 1. The van der Waals surface area contributed by atoms with E-state index in [0.29, 0.717) is 29.2 Å². The summed E-state index contributed by atoms with van der Waals surface area (Å²) in [6.07, 6.45) is 0.807. The molecule has 1 N–H and O–H groups in total. The average Bonchev–Trinajstić information content (AvgIpc) is 2.59. The van der Waals surface area contributed by atoms with Gasteiger partial charge in [0.15, 0.2) is 21.3 Å². The quantitative estimate of drug-likeness (QED) is 0.900. The summed E-state index contributed by atoms with van der Waals surface area (Å²) in [7, 11) is -3.37. The van der Waals surface area contributed by atoms with Crippen LogP contribution in [0.3, 0.4) is 0 Å². The highest BCUT2D eigenvalue weighted by Crippen LogP contribution is 2.30. The molecule has 1 amide bonds. The van der Waals surface area contributed by atoms with Gasteiger partial charge in [0.2, 0.25) is 0 Å². The fourth-order valence-corrected chi connectivity index (χ4v) is 3.19. The Hall–Kier alpha value is -2.54. The zero-order valence-corrected chi connectivity index (χ0v) is 14.8. The molecule has 1 unspecified atom stereocenters. The monoisotopic (exact) mass is 361 g/mol. The Morgan fingerprint density at radius 2 is 1.92 bits per heavy atom. The minimum absolute atomic E-state index is 0.120. The summed E-state index contributed by atoms with van der Waals surface area (Å²) in [6, 6.07) is 11.9. The van der Waals surface area contributed by atoms with Gasteiger partial charge in [0.05, 0.1) is 11.4 Å². The maximum atomic E-state index is 12.4. The van der Waals surface area contributed by atoms with Gasteiger partial charge in [0, 0.05) is 11.8 Å². The summed E-state index contributed by atoms with van der Waals surface area (Å²) in [4.78, 5) is 12.6. The van der Waals surface area contributed by atoms with Crippen molar-refractivity contribution in [2.75, 3.05) is 19.4 Å². The molecule has 0 fully saturated rings. The predicted octanol–water partition coefficient (Wildman–Crippen LogP) is 1.97. The molecule has 0 saturated heterocycles. The highest BCUT2D eigenvalue weighted by molar-refractivity contribution is 7.90. The number of benzene rings is 2. The molecule has 6 nitrogen and oxygen atoms in total. The highest BCUT2D eigenvalue weighted by Gasteiger charge is 2.22. The number of para-hydroxylation sites is 2. The van der Waals surface area contributed by atoms with Crippen LogP contribution in [0, 0.1) is 6.92 Å². The summed E-state index contributed by atoms with van der Waals surface area (Å²) in [5.41, 5.74) is 1.04. The van der Waals surface area contributed by atoms with E-state index in [-0.39, 0.29) is 23.5 Å². The number of hydrogen-bond acceptors (Lipinski definition) is 5. The molecule has 0 saturated carbocycles. The van der Waals surface area contributed by atoms with E-state index in [4.69, 9.17) is 9.47 Å². The molecule has 25 heavy (non-hydrogen) atoms. The molecule has 132 valence electrons. The Morgan fingerprint density at radius 3 is 2.64 bits per heavy atom. The van der Waals surface area contributed by atoms with Crippen LogP contribution >= 0.6 is 0 Å². The van der Waals surface area contributed by atoms with Gasteiger partial charge >= 0.3 is 0 Å². The van der Waals surface area contributed by atoms with E-state index in [2.05, 4.69) is 5.32 Å². The fourth-order valence-electron chi connectivity index (χ4n) is 2.54. The molecular formula is C18H19NO5S. The lowest BCUT2D eigenvalue weighted by molar-refractivity contribution is 0.0789. The maximum absolute atomic E-state index is 12.4. The summed E-state index contributed by atoms with van der Waals surface area (Å²) < 4.78 is 34.7. The first-order valence-electron chi connectivity index (χ1n) is 7.82. The van der Waals surface area contributed by atoms with Crippen molar-refractivity contribution < 1.29 is 22.7 Å². The SMILES string of the molecule is Cc1ccc(S(C)(=O)=O)cc1C(=O)NCC1COc2ccccc2O1. The van der Waals surface area contributed by atoms with Gasteiger partial charge in [-0.2, -0.15) is 0 Å². The van der Waals surface area contributed by atoms with Crippen LogP contribution in [-0.4, -0.2) is 39.8 Å². The maximum Gasteiger partial charge on any atom is 0.251 e. The summed E-state index contributed by atoms with van der Waals surface area (Å²) >= 11 is 0. The first-order valence-corrected chi connectivity index (χ1v) is 9.71. The first-order chi connectivity index (χ1) is 11.8. The molecular weight excluding hydrogens is 342 g/mol. The molecule has 0 aromatic heterocycles. The molecule has 0 aliphatic carbocycles. The Balaban J connectivity index is 1.68. The number of rotatable bonds is 4. The van der Waals surface area contributed by atoms with Gasteiger partial charge in [-0.05, 0) is 36.8 Å². The summed E-state index contributed by atoms with van der Waals surface area (Å²) in [5, 5.41) is 2.78. The molecule has 1 atom stereocenters. The lowest BCUT2D eigenvalue weighted by Crippen LogP contribution is -2.40. The van der Waals surface area contributed by atoms with E-state index >= 15 is 0 Å². The third-order valence-electron chi connectivity index (χ3n) is 3.94. The molecule has 7 heteroatoms. The van der Waals surface area contributed by atoms with Crippen LogP contribution in [0.5, 0.6) is 11.5 Å². The zero-order chi connectivity index (χ0) is 18.0. The minimum atomic E-state index is -3.37. The molecule has 1 aliphatic rings. The second kappa shape index (κ2) is 6.76. The molecule has 1 aliphatic heterocycles. The van der Waals surface area contributed by atoms with E-state index in [1.54, 1.807) is 13.0 Å². The van der Waals surface area contributed by atoms with Crippen molar-refractivity contribution in [1.29, 1.82) is 0 Å². The van der Waals surface area contributed by atoms with Crippen molar-refractivity contribution in [3.63, 3.8) is 0 Å². The second-order valence-corrected chi connectivity index (χ2v) is 7.97. The van der Waals surface area contributed by atoms with E-state index < -0.39 is 9.84 Å². The Labute approximate surface area is 146 Å². The molecule has 0 spiro atoms. The van der Waals surface area contributed by atoms with Gasteiger partial charge in [-0.3, -0.25) is 4.79 Å². The van der Waals surface area contributed by atoms with E-state index in [9.17, 15) is 13.2 Å². The Bertz CT molecular complexity index is 907. The minimum Gasteiger partial charge on any atom is -0.486 e. The van der Waals surface area contributed by atoms with Gasteiger partial charge < -0.3 is 14.8 Å². The lowest BCUT2D eigenvalue weighted by Gasteiger charge is -2.26. The van der Waals surface area contributed by atoms with Gasteiger partial charge in [-0.1, -0.05) is 18.2 Å². The van der Waals surface area contributed by atoms with Crippen LogP contribution in [0.1, 0.15) is 15.9 Å². The number of nitrogens with one attached hydrogen (secondary N) is 1. The number of hydrogen-bond donors (Lipinski definition) is 1. The van der Waals surface area contributed by atoms with Gasteiger partial charge in [0.25, 0.3) is 5.91 Å². The number of ether oxygens (including phenoxy) is 2. The molecule has 2 aromatic carbocycles. The second-order valence-electron chi connectivity index (χ2n) is 5.96. The van der Waals surface area contributed by atoms with Crippen molar-refractivity contribution >= 4 is 15.7 Å². The third kappa shape index (κ3) is 3.93. The van der Waals surface area contributed by atoms with Crippen LogP contribution in [0.4, 0.5) is 0 Å². The normalized spacial score (nSPS) is 16.3. The Kier molecular flexibility index (Phi) is 4.67. The van der Waals surface area contributed by atoms with E-state index in [1.165, 1.54) is 12.1 Å². The highest BCUT2D eigenvalue weighted by atomic mass is 32.2. The van der Waals surface area contributed by atoms with Crippen molar-refractivity contribution in [2.24, 2.45) is 0 Å². The first kappa shape index (κ1) is 17.3. The lowest BCUT2D eigenvalue weighted by atomic mass is 10.1. The van der Waals surface area contributed by atoms with Crippen molar-refractivity contribution in [3.05, 3.63) is 53.6 Å². The Morgan fingerprint density at radius 1 is 1.20 bits per heavy atom.